The quantitative estimate of drug-likeness (QED) is 0.427. The van der Waals surface area contributed by atoms with E-state index in [4.69, 9.17) is 4.74 Å². The zero-order valence-corrected chi connectivity index (χ0v) is 16.0. The highest BCUT2D eigenvalue weighted by Gasteiger charge is 2.44. The number of hydrogen-bond acceptors (Lipinski definition) is 5. The fourth-order valence-electron chi connectivity index (χ4n) is 3.43. The third kappa shape index (κ3) is 3.69. The van der Waals surface area contributed by atoms with E-state index in [-0.39, 0.29) is 23.1 Å². The van der Waals surface area contributed by atoms with Crippen LogP contribution >= 0.6 is 0 Å². The first kappa shape index (κ1) is 19.8. The van der Waals surface area contributed by atoms with Crippen LogP contribution in [0.4, 0.5) is 10.1 Å². The number of anilines is 1. The average molecular weight is 386 g/mol. The third-order valence-electron chi connectivity index (χ3n) is 4.99. The molecule has 0 radical (unpaired) electrons. The lowest BCUT2D eigenvalue weighted by molar-refractivity contribution is -0.147. The lowest BCUT2D eigenvalue weighted by atomic mass is 9.95. The fraction of sp³-hybridized carbons (Fsp3) is 0.381. The van der Waals surface area contributed by atoms with E-state index in [1.54, 1.807) is 4.90 Å². The molecule has 0 aromatic heterocycles. The van der Waals surface area contributed by atoms with Crippen LogP contribution < -0.4 is 4.90 Å². The van der Waals surface area contributed by atoms with E-state index in [1.165, 1.54) is 24.3 Å². The molecule has 2 amide bonds. The summed E-state index contributed by atoms with van der Waals surface area (Å²) in [6, 6.07) is 5.04. The minimum atomic E-state index is -0.710. The number of benzene rings is 1. The van der Waals surface area contributed by atoms with Gasteiger partial charge in [-0.2, -0.15) is 0 Å². The molecule has 28 heavy (non-hydrogen) atoms. The first-order valence-electron chi connectivity index (χ1n) is 9.48. The van der Waals surface area contributed by atoms with Gasteiger partial charge in [-0.15, -0.1) is 0 Å². The summed E-state index contributed by atoms with van der Waals surface area (Å²) >= 11 is 0. The van der Waals surface area contributed by atoms with E-state index in [1.807, 2.05) is 26.0 Å². The van der Waals surface area contributed by atoms with Crippen LogP contribution in [0.25, 0.3) is 0 Å². The molecule has 1 aromatic rings. The van der Waals surface area contributed by atoms with Gasteiger partial charge >= 0.3 is 11.9 Å². The first-order valence-corrected chi connectivity index (χ1v) is 9.48. The molecule has 0 bridgehead atoms. The maximum Gasteiger partial charge on any atom is 0.314 e. The van der Waals surface area contributed by atoms with Crippen LogP contribution in [-0.4, -0.2) is 35.8 Å². The molecule has 6 nitrogen and oxygen atoms in total. The van der Waals surface area contributed by atoms with Gasteiger partial charge in [0.1, 0.15) is 5.82 Å². The molecule has 1 aliphatic carbocycles. The smallest absolute Gasteiger partial charge is 0.314 e. The van der Waals surface area contributed by atoms with Gasteiger partial charge in [0, 0.05) is 13.1 Å². The van der Waals surface area contributed by atoms with Crippen LogP contribution in [0, 0.1) is 11.7 Å². The highest BCUT2D eigenvalue weighted by molar-refractivity contribution is 6.32. The largest absolute Gasteiger partial charge is 0.418 e. The molecule has 3 rings (SSSR count). The SMILES string of the molecule is CCN(CC)C1=C(OC(=O)[C@@H]2CC=CCC2)C(=O)N(c2ccc(F)cc2)C1=O. The predicted octanol–water partition coefficient (Wildman–Crippen LogP) is 3.15. The van der Waals surface area contributed by atoms with E-state index in [9.17, 15) is 18.8 Å². The summed E-state index contributed by atoms with van der Waals surface area (Å²) < 4.78 is 18.7. The van der Waals surface area contributed by atoms with Gasteiger partial charge in [-0.05, 0) is 57.4 Å². The van der Waals surface area contributed by atoms with Gasteiger partial charge in [0.2, 0.25) is 5.76 Å². The molecule has 1 aromatic carbocycles. The Balaban J connectivity index is 1.95. The lowest BCUT2D eigenvalue weighted by Gasteiger charge is -2.22. The zero-order chi connectivity index (χ0) is 20.3. The standard InChI is InChI=1S/C21H23FN2O4/c1-3-23(4-2)17-18(28-21(27)14-8-6-5-7-9-14)20(26)24(19(17)25)16-12-10-15(22)11-13-16/h5-6,10-14H,3-4,7-9H2,1-2H3/t14-/m1/s1. The van der Waals surface area contributed by atoms with Gasteiger partial charge in [0.25, 0.3) is 5.91 Å². The van der Waals surface area contributed by atoms with Crippen molar-refractivity contribution in [1.82, 2.24) is 4.90 Å². The highest BCUT2D eigenvalue weighted by atomic mass is 19.1. The number of carbonyl (C=O) groups excluding carboxylic acids is 3. The Morgan fingerprint density at radius 3 is 2.39 bits per heavy atom. The molecule has 0 fully saturated rings. The van der Waals surface area contributed by atoms with Crippen LogP contribution in [0.2, 0.25) is 0 Å². The minimum Gasteiger partial charge on any atom is -0.418 e. The Kier molecular flexibility index (Phi) is 5.92. The Morgan fingerprint density at radius 1 is 1.14 bits per heavy atom. The number of hydrogen-bond donors (Lipinski definition) is 0. The minimum absolute atomic E-state index is 0.0685. The van der Waals surface area contributed by atoms with Crippen molar-refractivity contribution in [3.8, 4) is 0 Å². The average Bonchev–Trinajstić information content (AvgIpc) is 2.95. The zero-order valence-electron chi connectivity index (χ0n) is 16.0. The van der Waals surface area contributed by atoms with Crippen molar-refractivity contribution in [2.45, 2.75) is 33.1 Å². The molecular formula is C21H23FN2O4. The maximum absolute atomic E-state index is 13.3. The number of imide groups is 1. The van der Waals surface area contributed by atoms with E-state index >= 15 is 0 Å². The number of esters is 1. The van der Waals surface area contributed by atoms with Gasteiger partial charge in [0.15, 0.2) is 5.70 Å². The van der Waals surface area contributed by atoms with Crippen LogP contribution in [0.5, 0.6) is 0 Å². The van der Waals surface area contributed by atoms with Crippen LogP contribution in [0.3, 0.4) is 0 Å². The second kappa shape index (κ2) is 8.37. The van der Waals surface area contributed by atoms with Gasteiger partial charge in [-0.1, -0.05) is 12.2 Å². The molecule has 1 aliphatic heterocycles. The first-order chi connectivity index (χ1) is 13.5. The van der Waals surface area contributed by atoms with Gasteiger partial charge in [-0.25, -0.2) is 9.29 Å². The van der Waals surface area contributed by atoms with Crippen molar-refractivity contribution in [2.24, 2.45) is 5.92 Å². The Bertz CT molecular complexity index is 840. The molecule has 1 heterocycles. The summed E-state index contributed by atoms with van der Waals surface area (Å²) in [5, 5.41) is 0. The summed E-state index contributed by atoms with van der Waals surface area (Å²) in [7, 11) is 0. The summed E-state index contributed by atoms with van der Waals surface area (Å²) in [6.45, 7) is 4.63. The monoisotopic (exact) mass is 386 g/mol. The van der Waals surface area contributed by atoms with Gasteiger partial charge in [0.05, 0.1) is 11.6 Å². The van der Waals surface area contributed by atoms with Crippen molar-refractivity contribution in [3.05, 3.63) is 53.7 Å². The number of nitrogens with zero attached hydrogens (tertiary/aromatic N) is 2. The van der Waals surface area contributed by atoms with Gasteiger partial charge < -0.3 is 9.64 Å². The lowest BCUT2D eigenvalue weighted by Crippen LogP contribution is -2.35. The molecule has 148 valence electrons. The summed E-state index contributed by atoms with van der Waals surface area (Å²) in [6.07, 6.45) is 5.90. The van der Waals surface area contributed by atoms with Crippen molar-refractivity contribution in [2.75, 3.05) is 18.0 Å². The summed E-state index contributed by atoms with van der Waals surface area (Å²) in [4.78, 5) is 41.3. The topological polar surface area (TPSA) is 66.9 Å². The van der Waals surface area contributed by atoms with E-state index in [2.05, 4.69) is 0 Å². The fourth-order valence-corrected chi connectivity index (χ4v) is 3.43. The number of allylic oxidation sites excluding steroid dienone is 2. The summed E-state index contributed by atoms with van der Waals surface area (Å²) in [5.74, 6) is -2.86. The molecule has 7 heteroatoms. The number of halogens is 1. The van der Waals surface area contributed by atoms with Crippen molar-refractivity contribution in [3.63, 3.8) is 0 Å². The van der Waals surface area contributed by atoms with Crippen LogP contribution in [-0.2, 0) is 19.1 Å². The van der Waals surface area contributed by atoms with Crippen molar-refractivity contribution >= 4 is 23.5 Å². The number of rotatable bonds is 6. The molecule has 0 unspecified atom stereocenters. The number of likely N-dealkylation sites (N-methyl/N-ethyl adjacent to an activating group) is 1. The number of amides is 2. The Morgan fingerprint density at radius 2 is 1.82 bits per heavy atom. The molecule has 1 atom stereocenters. The van der Waals surface area contributed by atoms with E-state index in [0.717, 1.165) is 11.3 Å². The van der Waals surface area contributed by atoms with E-state index < -0.39 is 23.6 Å². The molecule has 0 saturated carbocycles. The second-order valence-corrected chi connectivity index (χ2v) is 6.67. The third-order valence-corrected chi connectivity index (χ3v) is 4.99. The second-order valence-electron chi connectivity index (χ2n) is 6.67. The normalized spacial score (nSPS) is 19.4. The number of carbonyl (C=O) groups is 3. The molecule has 2 aliphatic rings. The van der Waals surface area contributed by atoms with Crippen LogP contribution in [0.15, 0.2) is 47.9 Å². The van der Waals surface area contributed by atoms with Crippen LogP contribution in [0.1, 0.15) is 33.1 Å². The molecule has 0 saturated heterocycles. The molecule has 0 N–H and O–H groups in total. The van der Waals surface area contributed by atoms with Crippen molar-refractivity contribution < 1.29 is 23.5 Å². The number of ether oxygens (including phenoxy) is 1. The Labute approximate surface area is 163 Å². The Hall–Kier alpha value is -2.96. The van der Waals surface area contributed by atoms with E-state index in [0.29, 0.717) is 25.9 Å². The predicted molar refractivity (Wildman–Crippen MR) is 101 cm³/mol. The highest BCUT2D eigenvalue weighted by Crippen LogP contribution is 2.31. The molecular weight excluding hydrogens is 363 g/mol. The molecule has 0 spiro atoms. The van der Waals surface area contributed by atoms with Crippen molar-refractivity contribution in [1.29, 1.82) is 0 Å². The van der Waals surface area contributed by atoms with Gasteiger partial charge in [-0.3, -0.25) is 14.4 Å². The maximum atomic E-state index is 13.3. The summed E-state index contributed by atoms with van der Waals surface area (Å²) in [5.41, 5.74) is 0.298.